The third-order valence-corrected chi connectivity index (χ3v) is 3.38. The molecule has 1 heterocycles. The highest BCUT2D eigenvalue weighted by Crippen LogP contribution is 2.16. The lowest BCUT2D eigenvalue weighted by atomic mass is 10.00. The van der Waals surface area contributed by atoms with Gasteiger partial charge < -0.3 is 5.32 Å². The number of hydrogen-bond donors (Lipinski definition) is 1. The minimum absolute atomic E-state index is 0.356. The largest absolute Gasteiger partial charge is 0.367 e. The van der Waals surface area contributed by atoms with Crippen molar-refractivity contribution in [1.82, 2.24) is 5.32 Å². The Bertz CT molecular complexity index is 404. The molecule has 0 aromatic heterocycles. The van der Waals surface area contributed by atoms with Gasteiger partial charge in [-0.15, -0.1) is 0 Å². The zero-order valence-electron chi connectivity index (χ0n) is 11.7. The molecule has 1 aliphatic rings. The van der Waals surface area contributed by atoms with Gasteiger partial charge in [-0.3, -0.25) is 4.99 Å². The Morgan fingerprint density at radius 1 is 1.17 bits per heavy atom. The predicted molar refractivity (Wildman–Crippen MR) is 78.1 cm³/mol. The molecule has 0 aliphatic carbocycles. The Hall–Kier alpha value is -1.31. The van der Waals surface area contributed by atoms with E-state index in [-0.39, 0.29) is 0 Å². The maximum atomic E-state index is 4.46. The van der Waals surface area contributed by atoms with Crippen LogP contribution >= 0.6 is 0 Å². The lowest BCUT2D eigenvalue weighted by molar-refractivity contribution is 0.646. The number of benzene rings is 1. The summed E-state index contributed by atoms with van der Waals surface area (Å²) in [7, 11) is 0. The summed E-state index contributed by atoms with van der Waals surface area (Å²) in [6.45, 7) is 7.72. The van der Waals surface area contributed by atoms with Crippen LogP contribution < -0.4 is 5.32 Å². The Kier molecular flexibility index (Phi) is 4.40. The van der Waals surface area contributed by atoms with Gasteiger partial charge in [0.2, 0.25) is 0 Å². The molecule has 2 nitrogen and oxygen atoms in total. The van der Waals surface area contributed by atoms with Crippen LogP contribution in [-0.4, -0.2) is 12.4 Å². The summed E-state index contributed by atoms with van der Waals surface area (Å²) >= 11 is 0. The van der Waals surface area contributed by atoms with Crippen LogP contribution in [-0.2, 0) is 6.42 Å². The first-order valence-electron chi connectivity index (χ1n) is 7.04. The lowest BCUT2D eigenvalue weighted by Gasteiger charge is -2.16. The van der Waals surface area contributed by atoms with Crippen LogP contribution in [0.5, 0.6) is 0 Å². The van der Waals surface area contributed by atoms with Gasteiger partial charge in [0, 0.05) is 19.0 Å². The Balaban J connectivity index is 1.95. The second kappa shape index (κ2) is 6.03. The summed E-state index contributed by atoms with van der Waals surface area (Å²) in [6.07, 6.45) is 3.47. The van der Waals surface area contributed by atoms with Gasteiger partial charge in [-0.25, -0.2) is 0 Å². The fourth-order valence-corrected chi connectivity index (χ4v) is 2.40. The van der Waals surface area contributed by atoms with Gasteiger partial charge in [-0.1, -0.05) is 38.1 Å². The zero-order chi connectivity index (χ0) is 13.0. The Morgan fingerprint density at radius 3 is 2.44 bits per heavy atom. The van der Waals surface area contributed by atoms with Crippen LogP contribution in [0.1, 0.15) is 50.8 Å². The van der Waals surface area contributed by atoms with Crippen LogP contribution in [0, 0.1) is 5.92 Å². The van der Waals surface area contributed by atoms with Crippen molar-refractivity contribution in [1.29, 1.82) is 0 Å². The molecular weight excluding hydrogens is 220 g/mol. The smallest absolute Gasteiger partial charge is 0.0968 e. The van der Waals surface area contributed by atoms with Gasteiger partial charge in [0.25, 0.3) is 0 Å². The molecule has 1 N–H and O–H groups in total. The number of nitrogens with one attached hydrogen (secondary N) is 1. The molecule has 0 saturated heterocycles. The molecule has 0 spiro atoms. The fraction of sp³-hybridized carbons (Fsp3) is 0.562. The van der Waals surface area contributed by atoms with Gasteiger partial charge in [0.05, 0.1) is 5.84 Å². The molecule has 1 atom stereocenters. The third kappa shape index (κ3) is 3.59. The molecule has 0 amide bonds. The summed E-state index contributed by atoms with van der Waals surface area (Å²) in [5.74, 6) is 1.90. The number of hydrogen-bond acceptors (Lipinski definition) is 2. The fourth-order valence-electron chi connectivity index (χ4n) is 2.40. The molecule has 0 radical (unpaired) electrons. The minimum Gasteiger partial charge on any atom is -0.367 e. The van der Waals surface area contributed by atoms with Crippen molar-refractivity contribution in [3.63, 3.8) is 0 Å². The van der Waals surface area contributed by atoms with Crippen molar-refractivity contribution in [3.05, 3.63) is 35.4 Å². The van der Waals surface area contributed by atoms with E-state index in [2.05, 4.69) is 55.3 Å². The maximum Gasteiger partial charge on any atom is 0.0968 e. The van der Waals surface area contributed by atoms with Gasteiger partial charge in [-0.2, -0.15) is 0 Å². The monoisotopic (exact) mass is 244 g/mol. The standard InChI is InChI=1S/C16H24N2/c1-12(2)11-14-6-8-15(9-7-14)13(3)18-16-5-4-10-17-16/h6-9,12-13H,4-5,10-11H2,1-3H3,(H,17,18). The number of nitrogens with zero attached hydrogens (tertiary/aromatic N) is 1. The molecule has 18 heavy (non-hydrogen) atoms. The Morgan fingerprint density at radius 2 is 1.89 bits per heavy atom. The third-order valence-electron chi connectivity index (χ3n) is 3.38. The van der Waals surface area contributed by atoms with Crippen LogP contribution in [0.2, 0.25) is 0 Å². The van der Waals surface area contributed by atoms with E-state index in [1.54, 1.807) is 0 Å². The van der Waals surface area contributed by atoms with E-state index >= 15 is 0 Å². The second-order valence-corrected chi connectivity index (χ2v) is 5.64. The highest BCUT2D eigenvalue weighted by atomic mass is 15.0. The van der Waals surface area contributed by atoms with Crippen LogP contribution in [0.25, 0.3) is 0 Å². The first kappa shape index (κ1) is 13.1. The molecule has 0 saturated carbocycles. The molecule has 1 aromatic carbocycles. The molecule has 1 aliphatic heterocycles. The first-order valence-corrected chi connectivity index (χ1v) is 7.04. The maximum absolute atomic E-state index is 4.46. The lowest BCUT2D eigenvalue weighted by Crippen LogP contribution is -2.24. The number of rotatable bonds is 4. The molecular formula is C16H24N2. The average molecular weight is 244 g/mol. The van der Waals surface area contributed by atoms with Gasteiger partial charge >= 0.3 is 0 Å². The van der Waals surface area contributed by atoms with Crippen LogP contribution in [0.3, 0.4) is 0 Å². The molecule has 2 heteroatoms. The van der Waals surface area contributed by atoms with E-state index in [1.165, 1.54) is 23.4 Å². The second-order valence-electron chi connectivity index (χ2n) is 5.64. The molecule has 98 valence electrons. The summed E-state index contributed by atoms with van der Waals surface area (Å²) in [5.41, 5.74) is 2.77. The van der Waals surface area contributed by atoms with Crippen molar-refractivity contribution in [2.24, 2.45) is 10.9 Å². The highest BCUT2D eigenvalue weighted by Gasteiger charge is 2.11. The van der Waals surface area contributed by atoms with Gasteiger partial charge in [0.1, 0.15) is 0 Å². The van der Waals surface area contributed by atoms with E-state index in [0.29, 0.717) is 6.04 Å². The summed E-state index contributed by atoms with van der Waals surface area (Å²) < 4.78 is 0. The molecule has 1 aromatic rings. The SMILES string of the molecule is CC(C)Cc1ccc(C(C)NC2=NCCC2)cc1. The summed E-state index contributed by atoms with van der Waals surface area (Å²) in [5, 5.41) is 3.51. The average Bonchev–Trinajstić information content (AvgIpc) is 2.82. The van der Waals surface area contributed by atoms with E-state index in [4.69, 9.17) is 0 Å². The highest BCUT2D eigenvalue weighted by molar-refractivity contribution is 5.83. The quantitative estimate of drug-likeness (QED) is 0.857. The van der Waals surface area contributed by atoms with E-state index < -0.39 is 0 Å². The van der Waals surface area contributed by atoms with E-state index in [1.807, 2.05) is 0 Å². The van der Waals surface area contributed by atoms with Crippen molar-refractivity contribution in [2.75, 3.05) is 6.54 Å². The first-order chi connectivity index (χ1) is 8.65. The molecule has 0 fully saturated rings. The summed E-state index contributed by atoms with van der Waals surface area (Å²) in [4.78, 5) is 4.46. The van der Waals surface area contributed by atoms with Crippen molar-refractivity contribution in [3.8, 4) is 0 Å². The van der Waals surface area contributed by atoms with Gasteiger partial charge in [0.15, 0.2) is 0 Å². The molecule has 0 bridgehead atoms. The summed E-state index contributed by atoms with van der Waals surface area (Å²) in [6, 6.07) is 9.35. The minimum atomic E-state index is 0.356. The Labute approximate surface area is 111 Å². The van der Waals surface area contributed by atoms with Crippen molar-refractivity contribution < 1.29 is 0 Å². The predicted octanol–water partition coefficient (Wildman–Crippen LogP) is 3.73. The number of amidine groups is 1. The van der Waals surface area contributed by atoms with Crippen molar-refractivity contribution >= 4 is 5.84 Å². The zero-order valence-corrected chi connectivity index (χ0v) is 11.7. The van der Waals surface area contributed by atoms with Crippen LogP contribution in [0.4, 0.5) is 0 Å². The number of aliphatic imine (C=N–C) groups is 1. The molecule has 2 rings (SSSR count). The van der Waals surface area contributed by atoms with E-state index in [0.717, 1.165) is 25.3 Å². The van der Waals surface area contributed by atoms with Crippen molar-refractivity contribution in [2.45, 2.75) is 46.1 Å². The molecule has 1 unspecified atom stereocenters. The topological polar surface area (TPSA) is 24.4 Å². The van der Waals surface area contributed by atoms with Gasteiger partial charge in [-0.05, 0) is 36.8 Å². The normalized spacial score (nSPS) is 16.8. The van der Waals surface area contributed by atoms with Crippen LogP contribution in [0.15, 0.2) is 29.3 Å². The van der Waals surface area contributed by atoms with E-state index in [9.17, 15) is 0 Å².